The van der Waals surface area contributed by atoms with Crippen molar-refractivity contribution in [2.45, 2.75) is 39.0 Å². The molecule has 1 saturated heterocycles. The van der Waals surface area contributed by atoms with Gasteiger partial charge in [0.15, 0.2) is 0 Å². The molecule has 0 aromatic carbocycles. The molecule has 2 amide bonds. The van der Waals surface area contributed by atoms with E-state index in [9.17, 15) is 9.59 Å². The van der Waals surface area contributed by atoms with Crippen LogP contribution in [0, 0.1) is 17.8 Å². The summed E-state index contributed by atoms with van der Waals surface area (Å²) in [5, 5.41) is 12.0. The Morgan fingerprint density at radius 2 is 2.05 bits per heavy atom. The SMILES string of the molecule is CC1CCCC1CNC(=O)N1CCC[C@@H](C(=O)O)C1. The van der Waals surface area contributed by atoms with E-state index >= 15 is 0 Å². The van der Waals surface area contributed by atoms with Gasteiger partial charge in [-0.3, -0.25) is 4.79 Å². The molecule has 0 radical (unpaired) electrons. The van der Waals surface area contributed by atoms with Crippen molar-refractivity contribution in [2.75, 3.05) is 19.6 Å². The molecule has 0 bridgehead atoms. The third kappa shape index (κ3) is 3.61. The molecule has 1 saturated carbocycles. The van der Waals surface area contributed by atoms with Crippen LogP contribution in [0.2, 0.25) is 0 Å². The van der Waals surface area contributed by atoms with Crippen molar-refractivity contribution in [1.82, 2.24) is 10.2 Å². The van der Waals surface area contributed by atoms with Gasteiger partial charge in [-0.2, -0.15) is 0 Å². The minimum Gasteiger partial charge on any atom is -0.481 e. The van der Waals surface area contributed by atoms with Crippen molar-refractivity contribution < 1.29 is 14.7 Å². The summed E-state index contributed by atoms with van der Waals surface area (Å²) in [4.78, 5) is 24.7. The number of likely N-dealkylation sites (tertiary alicyclic amines) is 1. The van der Waals surface area contributed by atoms with Crippen LogP contribution in [0.1, 0.15) is 39.0 Å². The smallest absolute Gasteiger partial charge is 0.317 e. The maximum absolute atomic E-state index is 12.1. The molecule has 19 heavy (non-hydrogen) atoms. The van der Waals surface area contributed by atoms with Crippen LogP contribution >= 0.6 is 0 Å². The molecule has 2 fully saturated rings. The maximum atomic E-state index is 12.1. The molecular formula is C14H24N2O3. The van der Waals surface area contributed by atoms with Crippen molar-refractivity contribution in [1.29, 1.82) is 0 Å². The lowest BCUT2D eigenvalue weighted by atomic mass is 9.98. The second-order valence-electron chi connectivity index (χ2n) is 5.98. The Labute approximate surface area is 114 Å². The van der Waals surface area contributed by atoms with Crippen LogP contribution < -0.4 is 5.32 Å². The summed E-state index contributed by atoms with van der Waals surface area (Å²) < 4.78 is 0. The third-order valence-corrected chi connectivity index (χ3v) is 4.61. The highest BCUT2D eigenvalue weighted by molar-refractivity contribution is 5.76. The number of carbonyl (C=O) groups excluding carboxylic acids is 1. The fourth-order valence-corrected chi connectivity index (χ4v) is 3.22. The molecule has 0 spiro atoms. The predicted octanol–water partition coefficient (Wildman–Crippen LogP) is 1.93. The van der Waals surface area contributed by atoms with Crippen molar-refractivity contribution in [3.8, 4) is 0 Å². The molecule has 2 N–H and O–H groups in total. The number of carboxylic acid groups (broad SMARTS) is 1. The average Bonchev–Trinajstić information content (AvgIpc) is 2.81. The molecule has 2 aliphatic rings. The van der Waals surface area contributed by atoms with Crippen molar-refractivity contribution in [3.05, 3.63) is 0 Å². The van der Waals surface area contributed by atoms with E-state index in [0.29, 0.717) is 31.3 Å². The van der Waals surface area contributed by atoms with E-state index in [2.05, 4.69) is 12.2 Å². The first-order chi connectivity index (χ1) is 9.08. The van der Waals surface area contributed by atoms with E-state index < -0.39 is 11.9 Å². The van der Waals surface area contributed by atoms with Crippen LogP contribution in [0.4, 0.5) is 4.79 Å². The van der Waals surface area contributed by atoms with E-state index in [4.69, 9.17) is 5.11 Å². The van der Waals surface area contributed by atoms with E-state index in [0.717, 1.165) is 13.0 Å². The Morgan fingerprint density at radius 1 is 1.26 bits per heavy atom. The summed E-state index contributed by atoms with van der Waals surface area (Å²) in [6, 6.07) is -0.0925. The zero-order chi connectivity index (χ0) is 13.8. The highest BCUT2D eigenvalue weighted by Gasteiger charge is 2.29. The van der Waals surface area contributed by atoms with Crippen molar-refractivity contribution in [2.24, 2.45) is 17.8 Å². The first kappa shape index (κ1) is 14.2. The number of aliphatic carboxylic acids is 1. The quantitative estimate of drug-likeness (QED) is 0.821. The molecule has 1 aliphatic heterocycles. The molecular weight excluding hydrogens is 244 g/mol. The Bertz CT molecular complexity index is 346. The summed E-state index contributed by atoms with van der Waals surface area (Å²) in [6.07, 6.45) is 5.17. The van der Waals surface area contributed by atoms with Gasteiger partial charge < -0.3 is 15.3 Å². The van der Waals surface area contributed by atoms with Gasteiger partial charge in [-0.25, -0.2) is 4.79 Å². The minimum absolute atomic E-state index is 0.0925. The summed E-state index contributed by atoms with van der Waals surface area (Å²) in [5.74, 6) is 0.0873. The van der Waals surface area contributed by atoms with Gasteiger partial charge in [0.25, 0.3) is 0 Å². The number of hydrogen-bond donors (Lipinski definition) is 2. The first-order valence-electron chi connectivity index (χ1n) is 7.33. The molecule has 0 aromatic heterocycles. The molecule has 2 unspecified atom stereocenters. The minimum atomic E-state index is -0.790. The molecule has 108 valence electrons. The fourth-order valence-electron chi connectivity index (χ4n) is 3.22. The normalized spacial score (nSPS) is 31.2. The van der Waals surface area contributed by atoms with Crippen LogP contribution in [-0.4, -0.2) is 41.6 Å². The standard InChI is InChI=1S/C14H24N2O3/c1-10-4-2-5-11(10)8-15-14(19)16-7-3-6-12(9-16)13(17)18/h10-12H,2-9H2,1H3,(H,15,19)(H,17,18)/t10?,11?,12-/m1/s1. The zero-order valence-electron chi connectivity index (χ0n) is 11.6. The third-order valence-electron chi connectivity index (χ3n) is 4.61. The fraction of sp³-hybridized carbons (Fsp3) is 0.857. The van der Waals surface area contributed by atoms with Crippen LogP contribution in [0.3, 0.4) is 0 Å². The Balaban J connectivity index is 1.77. The molecule has 5 heteroatoms. The predicted molar refractivity (Wildman–Crippen MR) is 71.8 cm³/mol. The lowest BCUT2D eigenvalue weighted by molar-refractivity contribution is -0.143. The molecule has 1 heterocycles. The number of amides is 2. The van der Waals surface area contributed by atoms with Crippen LogP contribution in [0.15, 0.2) is 0 Å². The summed E-state index contributed by atoms with van der Waals surface area (Å²) in [7, 11) is 0. The number of carboxylic acids is 1. The molecule has 0 aromatic rings. The Morgan fingerprint density at radius 3 is 2.68 bits per heavy atom. The molecule has 1 aliphatic carbocycles. The van der Waals surface area contributed by atoms with Crippen LogP contribution in [0.25, 0.3) is 0 Å². The number of nitrogens with one attached hydrogen (secondary N) is 1. The summed E-state index contributed by atoms with van der Waals surface area (Å²) in [6.45, 7) is 4.00. The lowest BCUT2D eigenvalue weighted by Crippen LogP contribution is -2.48. The largest absolute Gasteiger partial charge is 0.481 e. The van der Waals surface area contributed by atoms with Gasteiger partial charge in [0, 0.05) is 19.6 Å². The lowest BCUT2D eigenvalue weighted by Gasteiger charge is -2.31. The molecule has 5 nitrogen and oxygen atoms in total. The first-order valence-corrected chi connectivity index (χ1v) is 7.33. The van der Waals surface area contributed by atoms with E-state index in [-0.39, 0.29) is 6.03 Å². The number of rotatable bonds is 3. The van der Waals surface area contributed by atoms with Gasteiger partial charge >= 0.3 is 12.0 Å². The van der Waals surface area contributed by atoms with Gasteiger partial charge in [0.1, 0.15) is 0 Å². The van der Waals surface area contributed by atoms with Gasteiger partial charge in [0.05, 0.1) is 5.92 Å². The Hall–Kier alpha value is -1.26. The zero-order valence-corrected chi connectivity index (χ0v) is 11.6. The van der Waals surface area contributed by atoms with Crippen LogP contribution in [0.5, 0.6) is 0 Å². The average molecular weight is 268 g/mol. The van der Waals surface area contributed by atoms with Crippen molar-refractivity contribution in [3.63, 3.8) is 0 Å². The van der Waals surface area contributed by atoms with Crippen molar-refractivity contribution >= 4 is 12.0 Å². The number of piperidine rings is 1. The number of hydrogen-bond acceptors (Lipinski definition) is 2. The topological polar surface area (TPSA) is 69.6 Å². The maximum Gasteiger partial charge on any atom is 0.317 e. The highest BCUT2D eigenvalue weighted by atomic mass is 16.4. The second-order valence-corrected chi connectivity index (χ2v) is 5.98. The molecule has 3 atom stereocenters. The number of carbonyl (C=O) groups is 2. The number of urea groups is 1. The summed E-state index contributed by atoms with van der Waals surface area (Å²) in [5.41, 5.74) is 0. The van der Waals surface area contributed by atoms with Gasteiger partial charge in [-0.05, 0) is 31.1 Å². The monoisotopic (exact) mass is 268 g/mol. The van der Waals surface area contributed by atoms with E-state index in [1.54, 1.807) is 4.90 Å². The second kappa shape index (κ2) is 6.26. The van der Waals surface area contributed by atoms with Gasteiger partial charge in [-0.1, -0.05) is 19.8 Å². The van der Waals surface area contributed by atoms with Gasteiger partial charge in [-0.15, -0.1) is 0 Å². The summed E-state index contributed by atoms with van der Waals surface area (Å²) >= 11 is 0. The Kier molecular flexibility index (Phi) is 4.66. The number of nitrogens with zero attached hydrogens (tertiary/aromatic N) is 1. The highest BCUT2D eigenvalue weighted by Crippen LogP contribution is 2.30. The van der Waals surface area contributed by atoms with Gasteiger partial charge in [0.2, 0.25) is 0 Å². The van der Waals surface area contributed by atoms with E-state index in [1.165, 1.54) is 19.3 Å². The molecule has 2 rings (SSSR count). The van der Waals surface area contributed by atoms with E-state index in [1.807, 2.05) is 0 Å². The van der Waals surface area contributed by atoms with Crippen LogP contribution in [-0.2, 0) is 4.79 Å².